The predicted octanol–water partition coefficient (Wildman–Crippen LogP) is 2.44. The van der Waals surface area contributed by atoms with Gasteiger partial charge in [0.25, 0.3) is 0 Å². The lowest BCUT2D eigenvalue weighted by molar-refractivity contribution is -0.385. The largest absolute Gasteiger partial charge is 0.502 e. The van der Waals surface area contributed by atoms with E-state index in [4.69, 9.17) is 9.47 Å². The molecule has 8 heteroatoms. The van der Waals surface area contributed by atoms with Crippen molar-refractivity contribution in [1.82, 2.24) is 5.43 Å². The zero-order chi connectivity index (χ0) is 17.5. The minimum atomic E-state index is -0.649. The van der Waals surface area contributed by atoms with E-state index in [9.17, 15) is 15.2 Å². The molecule has 8 nitrogen and oxygen atoms in total. The Hall–Kier alpha value is -3.29. The molecule has 2 aromatic rings. The van der Waals surface area contributed by atoms with Gasteiger partial charge < -0.3 is 20.0 Å². The van der Waals surface area contributed by atoms with Crippen molar-refractivity contribution >= 4 is 11.9 Å². The van der Waals surface area contributed by atoms with E-state index in [0.29, 0.717) is 23.6 Å². The topological polar surface area (TPSA) is 106 Å². The van der Waals surface area contributed by atoms with Crippen LogP contribution in [-0.4, -0.2) is 30.5 Å². The zero-order valence-electron chi connectivity index (χ0n) is 13.2. The predicted molar refractivity (Wildman–Crippen MR) is 88.7 cm³/mol. The average Bonchev–Trinajstić information content (AvgIpc) is 2.59. The van der Waals surface area contributed by atoms with Crippen LogP contribution in [0, 0.1) is 10.1 Å². The first-order valence-electron chi connectivity index (χ1n) is 6.99. The number of phenols is 1. The number of nitro benzene ring substituents is 1. The zero-order valence-corrected chi connectivity index (χ0v) is 13.2. The summed E-state index contributed by atoms with van der Waals surface area (Å²) in [5, 5.41) is 24.2. The van der Waals surface area contributed by atoms with Crippen molar-refractivity contribution in [3.63, 3.8) is 0 Å². The number of hydrogen-bond donors (Lipinski definition) is 2. The average molecular weight is 331 g/mol. The number of nitrogens with zero attached hydrogens (tertiary/aromatic N) is 2. The molecule has 0 saturated carbocycles. The summed E-state index contributed by atoms with van der Waals surface area (Å²) in [6, 6.07) is 9.53. The molecule has 0 aromatic heterocycles. The number of aromatic hydroxyl groups is 1. The summed E-state index contributed by atoms with van der Waals surface area (Å²) in [6.07, 6.45) is 1.44. The SMILES string of the molecule is COc1ccc(CN/N=C/c2ccc(O)c([N+](=O)[O-])c2)cc1OC. The van der Waals surface area contributed by atoms with E-state index in [1.54, 1.807) is 20.3 Å². The number of hydrogen-bond acceptors (Lipinski definition) is 7. The van der Waals surface area contributed by atoms with E-state index in [0.717, 1.165) is 5.56 Å². The van der Waals surface area contributed by atoms with Crippen LogP contribution in [0.15, 0.2) is 41.5 Å². The van der Waals surface area contributed by atoms with Gasteiger partial charge in [-0.25, -0.2) is 0 Å². The Balaban J connectivity index is 2.00. The summed E-state index contributed by atoms with van der Waals surface area (Å²) in [5.41, 5.74) is 3.91. The molecule has 0 spiro atoms. The molecule has 0 aliphatic carbocycles. The Morgan fingerprint density at radius 3 is 2.62 bits per heavy atom. The molecule has 0 radical (unpaired) electrons. The van der Waals surface area contributed by atoms with Crippen LogP contribution >= 0.6 is 0 Å². The Kier molecular flexibility index (Phi) is 5.56. The van der Waals surface area contributed by atoms with Gasteiger partial charge in [-0.3, -0.25) is 10.1 Å². The lowest BCUT2D eigenvalue weighted by Crippen LogP contribution is -2.06. The number of benzene rings is 2. The number of rotatable bonds is 7. The molecular weight excluding hydrogens is 314 g/mol. The number of methoxy groups -OCH3 is 2. The summed E-state index contributed by atoms with van der Waals surface area (Å²) in [7, 11) is 3.13. The minimum Gasteiger partial charge on any atom is -0.502 e. The molecule has 2 N–H and O–H groups in total. The lowest BCUT2D eigenvalue weighted by Gasteiger charge is -2.09. The maximum absolute atomic E-state index is 10.8. The van der Waals surface area contributed by atoms with Crippen LogP contribution in [-0.2, 0) is 6.54 Å². The van der Waals surface area contributed by atoms with E-state index >= 15 is 0 Å². The van der Waals surface area contributed by atoms with Gasteiger partial charge in [-0.15, -0.1) is 0 Å². The third-order valence-corrected chi connectivity index (χ3v) is 3.23. The van der Waals surface area contributed by atoms with E-state index in [1.807, 2.05) is 12.1 Å². The first kappa shape index (κ1) is 17.1. The van der Waals surface area contributed by atoms with Gasteiger partial charge in [0.05, 0.1) is 31.9 Å². The summed E-state index contributed by atoms with van der Waals surface area (Å²) in [4.78, 5) is 10.1. The fraction of sp³-hybridized carbons (Fsp3) is 0.188. The first-order chi connectivity index (χ1) is 11.5. The Morgan fingerprint density at radius 2 is 1.96 bits per heavy atom. The fourth-order valence-electron chi connectivity index (χ4n) is 2.01. The van der Waals surface area contributed by atoms with E-state index in [2.05, 4.69) is 10.5 Å². The van der Waals surface area contributed by atoms with Crippen molar-refractivity contribution in [1.29, 1.82) is 0 Å². The Morgan fingerprint density at radius 1 is 1.21 bits per heavy atom. The first-order valence-corrected chi connectivity index (χ1v) is 6.99. The van der Waals surface area contributed by atoms with E-state index in [1.165, 1.54) is 24.4 Å². The van der Waals surface area contributed by atoms with Crippen molar-refractivity contribution in [2.75, 3.05) is 14.2 Å². The molecule has 0 atom stereocenters. The highest BCUT2D eigenvalue weighted by Gasteiger charge is 2.12. The monoisotopic (exact) mass is 331 g/mol. The third kappa shape index (κ3) is 4.13. The van der Waals surface area contributed by atoms with Crippen molar-refractivity contribution in [2.45, 2.75) is 6.54 Å². The summed E-state index contributed by atoms with van der Waals surface area (Å²) < 4.78 is 10.4. The van der Waals surface area contributed by atoms with Crippen LogP contribution in [0.2, 0.25) is 0 Å². The molecule has 0 amide bonds. The molecule has 0 fully saturated rings. The van der Waals surface area contributed by atoms with Gasteiger partial charge >= 0.3 is 5.69 Å². The van der Waals surface area contributed by atoms with Crippen LogP contribution < -0.4 is 14.9 Å². The Bertz CT molecular complexity index is 761. The van der Waals surface area contributed by atoms with Gasteiger partial charge in [-0.2, -0.15) is 5.10 Å². The van der Waals surface area contributed by atoms with Crippen molar-refractivity contribution < 1.29 is 19.5 Å². The summed E-state index contributed by atoms with van der Waals surface area (Å²) in [5.74, 6) is 0.881. The fourth-order valence-corrected chi connectivity index (χ4v) is 2.01. The minimum absolute atomic E-state index is 0.362. The molecule has 0 aliphatic rings. The molecule has 2 rings (SSSR count). The lowest BCUT2D eigenvalue weighted by atomic mass is 10.2. The second-order valence-corrected chi connectivity index (χ2v) is 4.79. The molecule has 2 aromatic carbocycles. The van der Waals surface area contributed by atoms with Crippen molar-refractivity contribution in [3.05, 3.63) is 57.6 Å². The summed E-state index contributed by atoms with van der Waals surface area (Å²) >= 11 is 0. The number of nitro groups is 1. The molecular formula is C16H17N3O5. The van der Waals surface area contributed by atoms with Crippen LogP contribution in [0.5, 0.6) is 17.2 Å². The molecule has 0 aliphatic heterocycles. The maximum atomic E-state index is 10.8. The molecule has 0 heterocycles. The smallest absolute Gasteiger partial charge is 0.311 e. The molecule has 24 heavy (non-hydrogen) atoms. The van der Waals surface area contributed by atoms with Gasteiger partial charge in [0.15, 0.2) is 17.2 Å². The maximum Gasteiger partial charge on any atom is 0.311 e. The number of ether oxygens (including phenoxy) is 2. The van der Waals surface area contributed by atoms with Gasteiger partial charge in [0.1, 0.15) is 0 Å². The van der Waals surface area contributed by atoms with Gasteiger partial charge in [0.2, 0.25) is 0 Å². The van der Waals surface area contributed by atoms with Crippen LogP contribution in [0.3, 0.4) is 0 Å². The normalized spacial score (nSPS) is 10.6. The second-order valence-electron chi connectivity index (χ2n) is 4.79. The Labute approximate surface area is 138 Å². The van der Waals surface area contributed by atoms with Crippen LogP contribution in [0.4, 0.5) is 5.69 Å². The van der Waals surface area contributed by atoms with E-state index < -0.39 is 4.92 Å². The van der Waals surface area contributed by atoms with Crippen molar-refractivity contribution in [2.24, 2.45) is 5.10 Å². The number of hydrazone groups is 1. The van der Waals surface area contributed by atoms with Crippen LogP contribution in [0.25, 0.3) is 0 Å². The highest BCUT2D eigenvalue weighted by atomic mass is 16.6. The van der Waals surface area contributed by atoms with Crippen LogP contribution in [0.1, 0.15) is 11.1 Å². The van der Waals surface area contributed by atoms with Crippen molar-refractivity contribution in [3.8, 4) is 17.2 Å². The molecule has 0 saturated heterocycles. The molecule has 0 unspecified atom stereocenters. The highest BCUT2D eigenvalue weighted by molar-refractivity contribution is 5.81. The van der Waals surface area contributed by atoms with Gasteiger partial charge in [-0.05, 0) is 29.8 Å². The van der Waals surface area contributed by atoms with Gasteiger partial charge in [-0.1, -0.05) is 6.07 Å². The van der Waals surface area contributed by atoms with E-state index in [-0.39, 0.29) is 11.4 Å². The standard InChI is InChI=1S/C16H17N3O5/c1-23-15-6-4-12(8-16(15)24-2)10-18-17-9-11-3-5-14(20)13(7-11)19(21)22/h3-9,18,20H,10H2,1-2H3/b17-9+. The molecule has 126 valence electrons. The van der Waals surface area contributed by atoms with Gasteiger partial charge in [0, 0.05) is 11.6 Å². The highest BCUT2D eigenvalue weighted by Crippen LogP contribution is 2.27. The quantitative estimate of drug-likeness (QED) is 0.458. The third-order valence-electron chi connectivity index (χ3n) is 3.23. The number of nitrogens with one attached hydrogen (secondary N) is 1. The summed E-state index contributed by atoms with van der Waals surface area (Å²) in [6.45, 7) is 0.441. The molecule has 0 bridgehead atoms. The number of phenolic OH excluding ortho intramolecular Hbond substituents is 1. The second kappa shape index (κ2) is 7.82.